The molecule has 2 saturated heterocycles. The minimum Gasteiger partial charge on any atom is -0.497 e. The second-order valence-corrected chi connectivity index (χ2v) is 7.47. The SMILES string of the molecule is CCNC(=NCCCOCC1CCCO1)N1CCN(c2ccc(OC)cc2)CC1.I. The Hall–Kier alpha value is -1.26. The van der Waals surface area contributed by atoms with Gasteiger partial charge in [0.05, 0.1) is 19.8 Å². The van der Waals surface area contributed by atoms with E-state index in [1.165, 1.54) is 5.69 Å². The van der Waals surface area contributed by atoms with Crippen molar-refractivity contribution in [3.8, 4) is 5.75 Å². The van der Waals surface area contributed by atoms with Crippen LogP contribution in [0.4, 0.5) is 5.69 Å². The molecule has 0 aromatic heterocycles. The molecular formula is C22H37IN4O3. The van der Waals surface area contributed by atoms with Crippen LogP contribution >= 0.6 is 24.0 Å². The van der Waals surface area contributed by atoms with E-state index in [9.17, 15) is 0 Å². The minimum atomic E-state index is 0. The summed E-state index contributed by atoms with van der Waals surface area (Å²) >= 11 is 0. The van der Waals surface area contributed by atoms with Crippen molar-refractivity contribution in [3.05, 3.63) is 24.3 Å². The van der Waals surface area contributed by atoms with Crippen LogP contribution in [0.15, 0.2) is 29.3 Å². The Morgan fingerprint density at radius 3 is 2.60 bits per heavy atom. The fourth-order valence-electron chi connectivity index (χ4n) is 3.74. The van der Waals surface area contributed by atoms with Gasteiger partial charge in [-0.05, 0) is 50.5 Å². The van der Waals surface area contributed by atoms with Gasteiger partial charge in [0.2, 0.25) is 0 Å². The van der Waals surface area contributed by atoms with Gasteiger partial charge in [-0.25, -0.2) is 0 Å². The molecule has 2 aliphatic heterocycles. The van der Waals surface area contributed by atoms with E-state index in [4.69, 9.17) is 19.2 Å². The number of nitrogens with one attached hydrogen (secondary N) is 1. The second kappa shape index (κ2) is 13.9. The number of methoxy groups -OCH3 is 1. The van der Waals surface area contributed by atoms with Crippen molar-refractivity contribution in [1.29, 1.82) is 0 Å². The zero-order valence-electron chi connectivity index (χ0n) is 18.3. The van der Waals surface area contributed by atoms with Crippen LogP contribution in [0.1, 0.15) is 26.2 Å². The number of piperazine rings is 1. The minimum absolute atomic E-state index is 0. The molecular weight excluding hydrogens is 495 g/mol. The van der Waals surface area contributed by atoms with Crippen LogP contribution in [0.3, 0.4) is 0 Å². The normalized spacial score (nSPS) is 19.5. The van der Waals surface area contributed by atoms with E-state index >= 15 is 0 Å². The lowest BCUT2D eigenvalue weighted by molar-refractivity contribution is 0.0170. The van der Waals surface area contributed by atoms with E-state index in [-0.39, 0.29) is 24.0 Å². The summed E-state index contributed by atoms with van der Waals surface area (Å²) in [6.07, 6.45) is 3.53. The monoisotopic (exact) mass is 532 g/mol. The molecule has 0 spiro atoms. The summed E-state index contributed by atoms with van der Waals surface area (Å²) in [4.78, 5) is 9.59. The van der Waals surface area contributed by atoms with Gasteiger partial charge in [-0.15, -0.1) is 24.0 Å². The van der Waals surface area contributed by atoms with Crippen LogP contribution in [-0.2, 0) is 9.47 Å². The first-order valence-electron chi connectivity index (χ1n) is 10.9. The molecule has 3 rings (SSSR count). The number of nitrogens with zero attached hydrogens (tertiary/aromatic N) is 3. The Balaban J connectivity index is 0.00000320. The molecule has 0 bridgehead atoms. The third kappa shape index (κ3) is 7.77. The van der Waals surface area contributed by atoms with Gasteiger partial charge >= 0.3 is 0 Å². The molecule has 170 valence electrons. The third-order valence-corrected chi connectivity index (χ3v) is 5.39. The number of ether oxygens (including phenoxy) is 3. The second-order valence-electron chi connectivity index (χ2n) is 7.47. The van der Waals surface area contributed by atoms with Gasteiger partial charge < -0.3 is 29.3 Å². The fraction of sp³-hybridized carbons (Fsp3) is 0.682. The lowest BCUT2D eigenvalue weighted by atomic mass is 10.2. The number of benzene rings is 1. The van der Waals surface area contributed by atoms with Crippen LogP contribution < -0.4 is 15.0 Å². The Kier molecular flexibility index (Phi) is 11.6. The van der Waals surface area contributed by atoms with Crippen LogP contribution in [0.25, 0.3) is 0 Å². The average Bonchev–Trinajstić information content (AvgIpc) is 3.29. The maximum absolute atomic E-state index is 5.74. The van der Waals surface area contributed by atoms with E-state index < -0.39 is 0 Å². The van der Waals surface area contributed by atoms with Crippen molar-refractivity contribution in [3.63, 3.8) is 0 Å². The van der Waals surface area contributed by atoms with Crippen LogP contribution in [0.2, 0.25) is 0 Å². The van der Waals surface area contributed by atoms with Crippen molar-refractivity contribution in [2.75, 3.05) is 71.1 Å². The lowest BCUT2D eigenvalue weighted by Crippen LogP contribution is -2.52. The summed E-state index contributed by atoms with van der Waals surface area (Å²) in [6, 6.07) is 8.30. The molecule has 1 aromatic rings. The summed E-state index contributed by atoms with van der Waals surface area (Å²) in [5.74, 6) is 1.91. The zero-order valence-corrected chi connectivity index (χ0v) is 20.7. The first-order chi connectivity index (χ1) is 14.3. The lowest BCUT2D eigenvalue weighted by Gasteiger charge is -2.37. The highest BCUT2D eigenvalue weighted by molar-refractivity contribution is 14.0. The summed E-state index contributed by atoms with van der Waals surface area (Å²) in [6.45, 7) is 10.0. The summed E-state index contributed by atoms with van der Waals surface area (Å²) in [5.41, 5.74) is 1.25. The molecule has 1 N–H and O–H groups in total. The van der Waals surface area contributed by atoms with Crippen molar-refractivity contribution >= 4 is 35.6 Å². The molecule has 0 radical (unpaired) electrons. The zero-order chi connectivity index (χ0) is 20.3. The number of anilines is 1. The number of halogens is 1. The maximum Gasteiger partial charge on any atom is 0.194 e. The Bertz CT molecular complexity index is 615. The number of hydrogen-bond donors (Lipinski definition) is 1. The molecule has 0 aliphatic carbocycles. The highest BCUT2D eigenvalue weighted by Gasteiger charge is 2.20. The third-order valence-electron chi connectivity index (χ3n) is 5.39. The van der Waals surface area contributed by atoms with Gasteiger partial charge in [-0.3, -0.25) is 4.99 Å². The molecule has 2 heterocycles. The van der Waals surface area contributed by atoms with Crippen molar-refractivity contribution in [1.82, 2.24) is 10.2 Å². The number of rotatable bonds is 9. The van der Waals surface area contributed by atoms with Gasteiger partial charge in [0.15, 0.2) is 5.96 Å². The molecule has 7 nitrogen and oxygen atoms in total. The predicted octanol–water partition coefficient (Wildman–Crippen LogP) is 2.99. The molecule has 2 fully saturated rings. The quantitative estimate of drug-likeness (QED) is 0.229. The number of aliphatic imine (C=N–C) groups is 1. The topological polar surface area (TPSA) is 58.6 Å². The average molecular weight is 532 g/mol. The Morgan fingerprint density at radius 2 is 1.97 bits per heavy atom. The fourth-order valence-corrected chi connectivity index (χ4v) is 3.74. The predicted molar refractivity (Wildman–Crippen MR) is 133 cm³/mol. The Labute approximate surface area is 198 Å². The van der Waals surface area contributed by atoms with Gasteiger partial charge in [0, 0.05) is 58.2 Å². The largest absolute Gasteiger partial charge is 0.497 e. The smallest absolute Gasteiger partial charge is 0.194 e. The standard InChI is InChI=1S/C22H36N4O3.HI/c1-3-23-22(24-11-5-16-28-18-21-6-4-17-29-21)26-14-12-25(13-15-26)19-7-9-20(27-2)10-8-19;/h7-10,21H,3-6,11-18H2,1-2H3,(H,23,24);1H. The molecule has 0 saturated carbocycles. The number of guanidine groups is 1. The Morgan fingerprint density at radius 1 is 1.20 bits per heavy atom. The first-order valence-corrected chi connectivity index (χ1v) is 10.9. The molecule has 1 aromatic carbocycles. The van der Waals surface area contributed by atoms with Crippen molar-refractivity contribution in [2.45, 2.75) is 32.3 Å². The van der Waals surface area contributed by atoms with Crippen LogP contribution in [0, 0.1) is 0 Å². The van der Waals surface area contributed by atoms with Crippen LogP contribution in [-0.4, -0.2) is 83.2 Å². The summed E-state index contributed by atoms with van der Waals surface area (Å²) in [5, 5.41) is 3.44. The molecule has 2 aliphatic rings. The van der Waals surface area contributed by atoms with Gasteiger partial charge in [0.1, 0.15) is 5.75 Å². The highest BCUT2D eigenvalue weighted by atomic mass is 127. The van der Waals surface area contributed by atoms with E-state index in [2.05, 4.69) is 34.2 Å². The van der Waals surface area contributed by atoms with Gasteiger partial charge in [-0.1, -0.05) is 0 Å². The molecule has 0 amide bonds. The number of hydrogen-bond acceptors (Lipinski definition) is 5. The van der Waals surface area contributed by atoms with Crippen molar-refractivity contribution < 1.29 is 14.2 Å². The summed E-state index contributed by atoms with van der Waals surface area (Å²) in [7, 11) is 1.70. The van der Waals surface area contributed by atoms with E-state index in [1.54, 1.807) is 7.11 Å². The van der Waals surface area contributed by atoms with E-state index in [1.807, 2.05) is 12.1 Å². The van der Waals surface area contributed by atoms with Crippen LogP contribution in [0.5, 0.6) is 5.75 Å². The molecule has 1 unspecified atom stereocenters. The maximum atomic E-state index is 5.74. The van der Waals surface area contributed by atoms with E-state index in [0.717, 1.165) is 90.1 Å². The highest BCUT2D eigenvalue weighted by Crippen LogP contribution is 2.20. The van der Waals surface area contributed by atoms with Crippen molar-refractivity contribution in [2.24, 2.45) is 4.99 Å². The summed E-state index contributed by atoms with van der Waals surface area (Å²) < 4.78 is 16.6. The first kappa shape index (κ1) is 25.0. The van der Waals surface area contributed by atoms with Gasteiger partial charge in [-0.2, -0.15) is 0 Å². The molecule has 1 atom stereocenters. The molecule has 8 heteroatoms. The van der Waals surface area contributed by atoms with E-state index in [0.29, 0.717) is 6.10 Å². The van der Waals surface area contributed by atoms with Gasteiger partial charge in [0.25, 0.3) is 0 Å². The molecule has 30 heavy (non-hydrogen) atoms.